The highest BCUT2D eigenvalue weighted by Gasteiger charge is 2.10. The Hall–Kier alpha value is -2.47. The predicted octanol–water partition coefficient (Wildman–Crippen LogP) is 2.13. The van der Waals surface area contributed by atoms with Crippen LogP contribution < -0.4 is 10.6 Å². The van der Waals surface area contributed by atoms with E-state index in [4.69, 9.17) is 0 Å². The molecule has 1 aromatic carbocycles. The number of carbonyl (C=O) groups is 1. The van der Waals surface area contributed by atoms with Crippen molar-refractivity contribution in [3.05, 3.63) is 47.3 Å². The largest absolute Gasteiger partial charge is 0.349 e. The van der Waals surface area contributed by atoms with Gasteiger partial charge in [-0.15, -0.1) is 0 Å². The minimum absolute atomic E-state index is 0.190. The number of hydrogen-bond acceptors (Lipinski definition) is 5. The van der Waals surface area contributed by atoms with Gasteiger partial charge in [0.05, 0.1) is 0 Å². The van der Waals surface area contributed by atoms with Gasteiger partial charge in [-0.2, -0.15) is 0 Å². The molecule has 0 saturated heterocycles. The van der Waals surface area contributed by atoms with Crippen molar-refractivity contribution >= 4 is 17.5 Å². The molecule has 0 saturated carbocycles. The van der Waals surface area contributed by atoms with Gasteiger partial charge in [-0.1, -0.05) is 12.1 Å². The predicted molar refractivity (Wildman–Crippen MR) is 92.1 cm³/mol. The lowest BCUT2D eigenvalue weighted by Gasteiger charge is -2.11. The van der Waals surface area contributed by atoms with Crippen LogP contribution in [0, 0.1) is 13.8 Å². The topological polar surface area (TPSA) is 70.2 Å². The maximum atomic E-state index is 12.2. The standard InChI is InChI=1S/C17H23N5O/c1-12-6-5-7-14(10-12)20-17-19-13(2)11-15(21-17)16(23)18-8-9-22(3)4/h5-7,10-11H,8-9H2,1-4H3,(H,18,23)(H,19,20,21). The molecule has 2 aromatic rings. The zero-order chi connectivity index (χ0) is 16.8. The average molecular weight is 313 g/mol. The minimum Gasteiger partial charge on any atom is -0.349 e. The Morgan fingerprint density at radius 3 is 2.65 bits per heavy atom. The molecular formula is C17H23N5O. The molecule has 0 aliphatic rings. The molecule has 0 atom stereocenters. The van der Waals surface area contributed by atoms with Crippen molar-refractivity contribution in [1.29, 1.82) is 0 Å². The van der Waals surface area contributed by atoms with Crippen molar-refractivity contribution in [1.82, 2.24) is 20.2 Å². The van der Waals surface area contributed by atoms with Crippen molar-refractivity contribution < 1.29 is 4.79 Å². The van der Waals surface area contributed by atoms with E-state index in [2.05, 4.69) is 20.6 Å². The van der Waals surface area contributed by atoms with Crippen LogP contribution in [-0.4, -0.2) is 48.0 Å². The van der Waals surface area contributed by atoms with Crippen LogP contribution in [-0.2, 0) is 0 Å². The highest BCUT2D eigenvalue weighted by atomic mass is 16.1. The smallest absolute Gasteiger partial charge is 0.270 e. The first kappa shape index (κ1) is 16.9. The van der Waals surface area contributed by atoms with Crippen LogP contribution in [0.3, 0.4) is 0 Å². The van der Waals surface area contributed by atoms with Crippen LogP contribution in [0.25, 0.3) is 0 Å². The summed E-state index contributed by atoms with van der Waals surface area (Å²) in [5.41, 5.74) is 3.15. The van der Waals surface area contributed by atoms with Gasteiger partial charge in [0.1, 0.15) is 5.69 Å². The summed E-state index contributed by atoms with van der Waals surface area (Å²) < 4.78 is 0. The quantitative estimate of drug-likeness (QED) is 0.855. The minimum atomic E-state index is -0.190. The van der Waals surface area contributed by atoms with Gasteiger partial charge in [-0.05, 0) is 51.7 Å². The maximum Gasteiger partial charge on any atom is 0.270 e. The van der Waals surface area contributed by atoms with E-state index in [9.17, 15) is 4.79 Å². The van der Waals surface area contributed by atoms with Gasteiger partial charge in [0.25, 0.3) is 5.91 Å². The van der Waals surface area contributed by atoms with Crippen molar-refractivity contribution in [3.63, 3.8) is 0 Å². The van der Waals surface area contributed by atoms with Crippen LogP contribution >= 0.6 is 0 Å². The molecule has 23 heavy (non-hydrogen) atoms. The van der Waals surface area contributed by atoms with Crippen LogP contribution in [0.4, 0.5) is 11.6 Å². The Morgan fingerprint density at radius 2 is 1.96 bits per heavy atom. The monoisotopic (exact) mass is 313 g/mol. The molecule has 2 rings (SSSR count). The molecule has 0 aliphatic heterocycles. The molecule has 2 N–H and O–H groups in total. The van der Waals surface area contributed by atoms with Crippen molar-refractivity contribution in [2.75, 3.05) is 32.5 Å². The first-order valence-corrected chi connectivity index (χ1v) is 7.56. The lowest BCUT2D eigenvalue weighted by molar-refractivity contribution is 0.0946. The summed E-state index contributed by atoms with van der Waals surface area (Å²) in [4.78, 5) is 22.8. The fourth-order valence-corrected chi connectivity index (χ4v) is 2.08. The van der Waals surface area contributed by atoms with Gasteiger partial charge < -0.3 is 15.5 Å². The van der Waals surface area contributed by atoms with Crippen molar-refractivity contribution in [2.24, 2.45) is 0 Å². The van der Waals surface area contributed by atoms with Gasteiger partial charge in [-0.3, -0.25) is 4.79 Å². The lowest BCUT2D eigenvalue weighted by Crippen LogP contribution is -2.32. The number of aryl methyl sites for hydroxylation is 2. The van der Waals surface area contributed by atoms with Gasteiger partial charge in [-0.25, -0.2) is 9.97 Å². The summed E-state index contributed by atoms with van der Waals surface area (Å²) in [6.45, 7) is 5.23. The number of anilines is 2. The second-order valence-electron chi connectivity index (χ2n) is 5.77. The van der Waals surface area contributed by atoms with E-state index in [1.165, 1.54) is 0 Å². The molecule has 1 heterocycles. The summed E-state index contributed by atoms with van der Waals surface area (Å²) in [6, 6.07) is 9.61. The first-order chi connectivity index (χ1) is 10.9. The molecule has 0 fully saturated rings. The number of hydrogen-bond donors (Lipinski definition) is 2. The van der Waals surface area contributed by atoms with Crippen LogP contribution in [0.1, 0.15) is 21.7 Å². The normalized spacial score (nSPS) is 10.7. The highest BCUT2D eigenvalue weighted by Crippen LogP contribution is 2.15. The van der Waals surface area contributed by atoms with E-state index in [1.807, 2.05) is 57.1 Å². The van der Waals surface area contributed by atoms with Crippen LogP contribution in [0.5, 0.6) is 0 Å². The van der Waals surface area contributed by atoms with E-state index in [0.29, 0.717) is 18.2 Å². The molecule has 1 amide bonds. The van der Waals surface area contributed by atoms with E-state index in [-0.39, 0.29) is 5.91 Å². The Balaban J connectivity index is 2.10. The third kappa shape index (κ3) is 5.34. The van der Waals surface area contributed by atoms with Gasteiger partial charge in [0.2, 0.25) is 5.95 Å². The van der Waals surface area contributed by atoms with E-state index in [0.717, 1.165) is 23.5 Å². The van der Waals surface area contributed by atoms with E-state index < -0.39 is 0 Å². The second kappa shape index (κ2) is 7.69. The lowest BCUT2D eigenvalue weighted by atomic mass is 10.2. The maximum absolute atomic E-state index is 12.2. The van der Waals surface area contributed by atoms with Gasteiger partial charge in [0, 0.05) is 24.5 Å². The molecule has 122 valence electrons. The molecule has 0 spiro atoms. The Morgan fingerprint density at radius 1 is 1.17 bits per heavy atom. The zero-order valence-corrected chi connectivity index (χ0v) is 14.1. The van der Waals surface area contributed by atoms with Crippen molar-refractivity contribution in [3.8, 4) is 0 Å². The summed E-state index contributed by atoms with van der Waals surface area (Å²) in [5.74, 6) is 0.234. The second-order valence-corrected chi connectivity index (χ2v) is 5.77. The fraction of sp³-hybridized carbons (Fsp3) is 0.353. The summed E-state index contributed by atoms with van der Waals surface area (Å²) >= 11 is 0. The number of likely N-dealkylation sites (N-methyl/N-ethyl adjacent to an activating group) is 1. The van der Waals surface area contributed by atoms with Gasteiger partial charge >= 0.3 is 0 Å². The summed E-state index contributed by atoms with van der Waals surface area (Å²) in [6.07, 6.45) is 0. The number of aromatic nitrogens is 2. The third-order valence-electron chi connectivity index (χ3n) is 3.21. The first-order valence-electron chi connectivity index (χ1n) is 7.56. The number of rotatable bonds is 6. The third-order valence-corrected chi connectivity index (χ3v) is 3.21. The molecule has 0 aliphatic carbocycles. The number of amides is 1. The van der Waals surface area contributed by atoms with Crippen LogP contribution in [0.2, 0.25) is 0 Å². The highest BCUT2D eigenvalue weighted by molar-refractivity contribution is 5.92. The average Bonchev–Trinajstić information content (AvgIpc) is 2.46. The van der Waals surface area contributed by atoms with E-state index >= 15 is 0 Å². The molecule has 6 heteroatoms. The number of nitrogens with one attached hydrogen (secondary N) is 2. The van der Waals surface area contributed by atoms with Crippen molar-refractivity contribution in [2.45, 2.75) is 13.8 Å². The number of carbonyl (C=O) groups excluding carboxylic acids is 1. The Labute approximate surface area is 137 Å². The Kier molecular flexibility index (Phi) is 5.65. The molecule has 0 unspecified atom stereocenters. The fourth-order valence-electron chi connectivity index (χ4n) is 2.08. The zero-order valence-electron chi connectivity index (χ0n) is 14.1. The van der Waals surface area contributed by atoms with E-state index in [1.54, 1.807) is 6.07 Å². The molecule has 1 aromatic heterocycles. The van der Waals surface area contributed by atoms with Crippen LogP contribution in [0.15, 0.2) is 30.3 Å². The Bertz CT molecular complexity index is 684. The molecule has 6 nitrogen and oxygen atoms in total. The summed E-state index contributed by atoms with van der Waals surface area (Å²) in [5, 5.41) is 6.00. The summed E-state index contributed by atoms with van der Waals surface area (Å²) in [7, 11) is 3.93. The number of benzene rings is 1. The SMILES string of the molecule is Cc1cccc(Nc2nc(C)cc(C(=O)NCCN(C)C)n2)c1. The van der Waals surface area contributed by atoms with Gasteiger partial charge in [0.15, 0.2) is 0 Å². The molecule has 0 radical (unpaired) electrons. The molecular weight excluding hydrogens is 290 g/mol. The molecule has 0 bridgehead atoms. The number of nitrogens with zero attached hydrogens (tertiary/aromatic N) is 3.